The van der Waals surface area contributed by atoms with E-state index < -0.39 is 5.41 Å². The lowest BCUT2D eigenvalue weighted by Gasteiger charge is -2.36. The van der Waals surface area contributed by atoms with Crippen LogP contribution in [0.1, 0.15) is 61.4 Å². The van der Waals surface area contributed by atoms with E-state index in [2.05, 4.69) is 16.8 Å². The topological polar surface area (TPSA) is 55.1 Å². The number of carbonyl (C=O) groups excluding carboxylic acids is 1. The van der Waals surface area contributed by atoms with Crippen LogP contribution in [0.3, 0.4) is 0 Å². The van der Waals surface area contributed by atoms with Crippen molar-refractivity contribution in [2.24, 2.45) is 11.1 Å². The summed E-state index contributed by atoms with van der Waals surface area (Å²) >= 11 is 7.05. The summed E-state index contributed by atoms with van der Waals surface area (Å²) in [6.45, 7) is 0. The van der Waals surface area contributed by atoms with Crippen molar-refractivity contribution in [1.82, 2.24) is 5.32 Å². The molecule has 1 amide bonds. The second-order valence-corrected chi connectivity index (χ2v) is 7.66. The summed E-state index contributed by atoms with van der Waals surface area (Å²) in [4.78, 5) is 14.7. The number of rotatable bonds is 3. The Morgan fingerprint density at radius 2 is 2.10 bits per heavy atom. The molecule has 1 unspecified atom stereocenters. The van der Waals surface area contributed by atoms with E-state index in [4.69, 9.17) is 18.0 Å². The minimum atomic E-state index is -0.610. The van der Waals surface area contributed by atoms with Gasteiger partial charge in [0.05, 0.1) is 16.4 Å². The maximum Gasteiger partial charge on any atom is 0.233 e. The molecule has 1 heterocycles. The Balaban J connectivity index is 1.78. The lowest BCUT2D eigenvalue weighted by molar-refractivity contribution is -0.129. The summed E-state index contributed by atoms with van der Waals surface area (Å²) in [5.74, 6) is 0.0544. The van der Waals surface area contributed by atoms with Gasteiger partial charge >= 0.3 is 0 Å². The van der Waals surface area contributed by atoms with Crippen LogP contribution in [0.25, 0.3) is 0 Å². The molecule has 3 nitrogen and oxygen atoms in total. The van der Waals surface area contributed by atoms with Gasteiger partial charge in [-0.25, -0.2) is 0 Å². The van der Waals surface area contributed by atoms with E-state index in [1.807, 2.05) is 0 Å². The quantitative estimate of drug-likeness (QED) is 0.838. The molecule has 21 heavy (non-hydrogen) atoms. The van der Waals surface area contributed by atoms with Gasteiger partial charge < -0.3 is 11.1 Å². The first-order valence-electron chi connectivity index (χ1n) is 7.81. The molecule has 2 aliphatic rings. The molecule has 0 aliphatic heterocycles. The zero-order valence-electron chi connectivity index (χ0n) is 12.2. The molecular formula is C16H22N2OS2. The zero-order valence-corrected chi connectivity index (χ0v) is 13.8. The number of thiocarbonyl (C=S) groups is 1. The number of aryl methyl sites for hydroxylation is 1. The molecule has 5 heteroatoms. The fourth-order valence-electron chi connectivity index (χ4n) is 3.67. The third-order valence-electron chi connectivity index (χ3n) is 4.97. The van der Waals surface area contributed by atoms with Crippen molar-refractivity contribution < 1.29 is 4.79 Å². The zero-order chi connectivity index (χ0) is 14.9. The van der Waals surface area contributed by atoms with Crippen LogP contribution < -0.4 is 11.1 Å². The second kappa shape index (κ2) is 6.05. The Morgan fingerprint density at radius 3 is 2.81 bits per heavy atom. The summed E-state index contributed by atoms with van der Waals surface area (Å²) in [5, 5.41) is 5.38. The van der Waals surface area contributed by atoms with Crippen molar-refractivity contribution in [2.75, 3.05) is 0 Å². The first kappa shape index (κ1) is 15.0. The standard InChI is InChI=1S/C16H22N2OS2/c17-14(20)16(8-2-1-3-9-16)15(19)18-12-5-4-6-13-11(12)7-10-21-13/h7,10,12H,1-6,8-9H2,(H2,17,20)(H,18,19). The second-order valence-electron chi connectivity index (χ2n) is 6.22. The Hall–Kier alpha value is -0.940. The largest absolute Gasteiger partial charge is 0.392 e. The highest BCUT2D eigenvalue weighted by molar-refractivity contribution is 7.80. The Morgan fingerprint density at radius 1 is 1.33 bits per heavy atom. The van der Waals surface area contributed by atoms with Gasteiger partial charge in [-0.15, -0.1) is 11.3 Å². The maximum atomic E-state index is 12.9. The SMILES string of the molecule is NC(=S)C1(C(=O)NC2CCCc3sccc32)CCCCC1. The third-order valence-corrected chi connectivity index (χ3v) is 6.36. The number of amides is 1. The summed E-state index contributed by atoms with van der Waals surface area (Å²) in [5.41, 5.74) is 6.65. The number of hydrogen-bond donors (Lipinski definition) is 2. The van der Waals surface area contributed by atoms with Crippen LogP contribution in [0.2, 0.25) is 0 Å². The van der Waals surface area contributed by atoms with Crippen molar-refractivity contribution in [3.05, 3.63) is 21.9 Å². The van der Waals surface area contributed by atoms with Gasteiger partial charge in [-0.2, -0.15) is 0 Å². The predicted molar refractivity (Wildman–Crippen MR) is 90.4 cm³/mol. The van der Waals surface area contributed by atoms with Gasteiger partial charge in [-0.1, -0.05) is 31.5 Å². The molecule has 1 atom stereocenters. The molecule has 0 aromatic carbocycles. The molecule has 0 bridgehead atoms. The van der Waals surface area contributed by atoms with Gasteiger partial charge in [0, 0.05) is 4.88 Å². The van der Waals surface area contributed by atoms with E-state index in [1.165, 1.54) is 16.9 Å². The smallest absolute Gasteiger partial charge is 0.233 e. The number of nitrogens with one attached hydrogen (secondary N) is 1. The molecule has 3 rings (SSSR count). The highest BCUT2D eigenvalue weighted by atomic mass is 32.1. The van der Waals surface area contributed by atoms with Crippen LogP contribution in [-0.2, 0) is 11.2 Å². The Kier molecular flexibility index (Phi) is 4.31. The molecule has 0 saturated heterocycles. The Bertz CT molecular complexity index is 546. The van der Waals surface area contributed by atoms with Crippen molar-refractivity contribution in [3.63, 3.8) is 0 Å². The molecule has 0 radical (unpaired) electrons. The van der Waals surface area contributed by atoms with Gasteiger partial charge in [0.1, 0.15) is 0 Å². The number of nitrogens with two attached hydrogens (primary N) is 1. The minimum Gasteiger partial charge on any atom is -0.392 e. The first-order chi connectivity index (χ1) is 10.1. The molecular weight excluding hydrogens is 300 g/mol. The van der Waals surface area contributed by atoms with Crippen LogP contribution in [0.4, 0.5) is 0 Å². The van der Waals surface area contributed by atoms with Gasteiger partial charge in [-0.3, -0.25) is 4.79 Å². The molecule has 2 aliphatic carbocycles. The van der Waals surface area contributed by atoms with Crippen LogP contribution in [0.5, 0.6) is 0 Å². The van der Waals surface area contributed by atoms with E-state index in [9.17, 15) is 4.79 Å². The van der Waals surface area contributed by atoms with Gasteiger partial charge in [0.2, 0.25) is 5.91 Å². The van der Waals surface area contributed by atoms with Crippen LogP contribution in [0.15, 0.2) is 11.4 Å². The molecule has 1 saturated carbocycles. The van der Waals surface area contributed by atoms with E-state index in [0.717, 1.165) is 44.9 Å². The van der Waals surface area contributed by atoms with E-state index in [0.29, 0.717) is 4.99 Å². The number of thiophene rings is 1. The van der Waals surface area contributed by atoms with E-state index in [-0.39, 0.29) is 11.9 Å². The van der Waals surface area contributed by atoms with Crippen molar-refractivity contribution in [3.8, 4) is 0 Å². The molecule has 1 aromatic heterocycles. The molecule has 1 fully saturated rings. The molecule has 1 aromatic rings. The lowest BCUT2D eigenvalue weighted by atomic mass is 9.73. The van der Waals surface area contributed by atoms with Crippen molar-refractivity contribution in [2.45, 2.75) is 57.4 Å². The average molecular weight is 322 g/mol. The maximum absolute atomic E-state index is 12.9. The van der Waals surface area contributed by atoms with Crippen molar-refractivity contribution >= 4 is 34.5 Å². The molecule has 114 valence electrons. The fourth-order valence-corrected chi connectivity index (χ4v) is 4.96. The van der Waals surface area contributed by atoms with Crippen molar-refractivity contribution in [1.29, 1.82) is 0 Å². The van der Waals surface area contributed by atoms with E-state index >= 15 is 0 Å². The number of carbonyl (C=O) groups is 1. The first-order valence-corrected chi connectivity index (χ1v) is 9.09. The highest BCUT2D eigenvalue weighted by Crippen LogP contribution is 2.39. The molecule has 0 spiro atoms. The molecule has 3 N–H and O–H groups in total. The van der Waals surface area contributed by atoms with Crippen LogP contribution >= 0.6 is 23.6 Å². The van der Waals surface area contributed by atoms with E-state index in [1.54, 1.807) is 11.3 Å². The minimum absolute atomic E-state index is 0.0544. The average Bonchev–Trinajstić information content (AvgIpc) is 2.97. The van der Waals surface area contributed by atoms with Gasteiger partial charge in [-0.05, 0) is 49.1 Å². The van der Waals surface area contributed by atoms with Gasteiger partial charge in [0.15, 0.2) is 0 Å². The fraction of sp³-hybridized carbons (Fsp3) is 0.625. The third kappa shape index (κ3) is 2.73. The van der Waals surface area contributed by atoms with Gasteiger partial charge in [0.25, 0.3) is 0 Å². The lowest BCUT2D eigenvalue weighted by Crippen LogP contribution is -2.51. The highest BCUT2D eigenvalue weighted by Gasteiger charge is 2.43. The summed E-state index contributed by atoms with van der Waals surface area (Å²) in [6, 6.07) is 2.29. The number of fused-ring (bicyclic) bond motifs is 1. The number of hydrogen-bond acceptors (Lipinski definition) is 3. The summed E-state index contributed by atoms with van der Waals surface area (Å²) in [7, 11) is 0. The Labute approximate surface area is 135 Å². The normalized spacial score (nSPS) is 24.1. The van der Waals surface area contributed by atoms with Crippen LogP contribution in [0, 0.1) is 5.41 Å². The monoisotopic (exact) mass is 322 g/mol. The summed E-state index contributed by atoms with van der Waals surface area (Å²) in [6.07, 6.45) is 8.16. The predicted octanol–water partition coefficient (Wildman–Crippen LogP) is 3.48. The summed E-state index contributed by atoms with van der Waals surface area (Å²) < 4.78 is 0. The van der Waals surface area contributed by atoms with Crippen LogP contribution in [-0.4, -0.2) is 10.9 Å².